The van der Waals surface area contributed by atoms with Crippen molar-refractivity contribution in [2.75, 3.05) is 12.4 Å². The van der Waals surface area contributed by atoms with Gasteiger partial charge in [0.1, 0.15) is 0 Å². The van der Waals surface area contributed by atoms with Gasteiger partial charge in [-0.25, -0.2) is 0 Å². The van der Waals surface area contributed by atoms with Gasteiger partial charge in [-0.2, -0.15) is 0 Å². The van der Waals surface area contributed by atoms with Crippen molar-refractivity contribution in [2.45, 2.75) is 11.1 Å². The summed E-state index contributed by atoms with van der Waals surface area (Å²) in [7, 11) is 1.63. The first-order valence-corrected chi connectivity index (χ1v) is 5.12. The molecular formula is C7H11N3O4S. The summed E-state index contributed by atoms with van der Waals surface area (Å²) in [5, 5.41) is 28.6. The van der Waals surface area contributed by atoms with E-state index in [1.807, 2.05) is 0 Å². The van der Waals surface area contributed by atoms with Crippen molar-refractivity contribution < 1.29 is 15.1 Å². The van der Waals surface area contributed by atoms with Gasteiger partial charge in [-0.1, -0.05) is 11.8 Å². The van der Waals surface area contributed by atoms with Crippen LogP contribution in [0.3, 0.4) is 0 Å². The van der Waals surface area contributed by atoms with Crippen LogP contribution >= 0.6 is 11.8 Å². The van der Waals surface area contributed by atoms with Crippen LogP contribution in [0.25, 0.3) is 0 Å². The number of nitro groups is 1. The predicted molar refractivity (Wildman–Crippen MR) is 53.7 cm³/mol. The molecule has 1 aromatic rings. The lowest BCUT2D eigenvalue weighted by Crippen LogP contribution is -2.15. The minimum absolute atomic E-state index is 0.191. The molecule has 2 N–H and O–H groups in total. The molecule has 15 heavy (non-hydrogen) atoms. The smallest absolute Gasteiger partial charge is 0.394 e. The standard InChI is InChI=1S/C7H11N3O4S/c1-9-4-8-6(10(13)14)7(9)15-3-5(12)2-11/h4-5,11-12H,2-3H2,1H3. The van der Waals surface area contributed by atoms with Crippen LogP contribution in [0.2, 0.25) is 0 Å². The van der Waals surface area contributed by atoms with E-state index in [2.05, 4.69) is 4.98 Å². The molecule has 1 aromatic heterocycles. The molecule has 0 amide bonds. The third-order valence-electron chi connectivity index (χ3n) is 1.66. The molecule has 1 heterocycles. The molecule has 1 atom stereocenters. The minimum Gasteiger partial charge on any atom is -0.394 e. The molecule has 84 valence electrons. The first-order valence-electron chi connectivity index (χ1n) is 4.13. The maximum atomic E-state index is 10.6. The van der Waals surface area contributed by atoms with E-state index in [-0.39, 0.29) is 18.2 Å². The Kier molecular flexibility index (Phi) is 4.06. The molecule has 7 nitrogen and oxygen atoms in total. The lowest BCUT2D eigenvalue weighted by molar-refractivity contribution is -0.392. The van der Waals surface area contributed by atoms with E-state index in [9.17, 15) is 10.1 Å². The predicted octanol–water partition coefficient (Wildman–Crippen LogP) is -0.226. The van der Waals surface area contributed by atoms with Crippen molar-refractivity contribution in [3.63, 3.8) is 0 Å². The molecule has 0 bridgehead atoms. The van der Waals surface area contributed by atoms with E-state index in [0.717, 1.165) is 11.8 Å². The van der Waals surface area contributed by atoms with Crippen LogP contribution in [0.4, 0.5) is 5.82 Å². The SMILES string of the molecule is Cn1cnc([N+](=O)[O-])c1SCC(O)CO. The second-order valence-electron chi connectivity index (χ2n) is 2.89. The second kappa shape index (κ2) is 5.10. The lowest BCUT2D eigenvalue weighted by Gasteiger charge is -2.05. The molecule has 0 aromatic carbocycles. The highest BCUT2D eigenvalue weighted by Crippen LogP contribution is 2.27. The fourth-order valence-corrected chi connectivity index (χ4v) is 1.89. The third kappa shape index (κ3) is 2.91. The summed E-state index contributed by atoms with van der Waals surface area (Å²) in [6.45, 7) is -0.362. The highest BCUT2D eigenvalue weighted by Gasteiger charge is 2.21. The zero-order chi connectivity index (χ0) is 11.4. The number of hydrogen-bond acceptors (Lipinski definition) is 6. The van der Waals surface area contributed by atoms with Crippen LogP contribution < -0.4 is 0 Å². The summed E-state index contributed by atoms with van der Waals surface area (Å²) >= 11 is 1.09. The van der Waals surface area contributed by atoms with E-state index in [1.165, 1.54) is 10.9 Å². The van der Waals surface area contributed by atoms with E-state index in [0.29, 0.717) is 5.03 Å². The number of aryl methyl sites for hydroxylation is 1. The van der Waals surface area contributed by atoms with Gasteiger partial charge in [0.05, 0.1) is 12.7 Å². The van der Waals surface area contributed by atoms with Crippen molar-refractivity contribution in [3.05, 3.63) is 16.4 Å². The number of aliphatic hydroxyl groups is 2. The molecule has 8 heteroatoms. The van der Waals surface area contributed by atoms with Crippen molar-refractivity contribution in [3.8, 4) is 0 Å². The van der Waals surface area contributed by atoms with E-state index in [1.54, 1.807) is 7.05 Å². The Morgan fingerprint density at radius 2 is 2.47 bits per heavy atom. The van der Waals surface area contributed by atoms with Crippen molar-refractivity contribution >= 4 is 17.6 Å². The summed E-state index contributed by atoms with van der Waals surface area (Å²) in [6, 6.07) is 0. The zero-order valence-corrected chi connectivity index (χ0v) is 8.85. The van der Waals surface area contributed by atoms with Crippen LogP contribution in [-0.4, -0.2) is 43.2 Å². The summed E-state index contributed by atoms with van der Waals surface area (Å²) < 4.78 is 1.51. The molecule has 0 fully saturated rings. The van der Waals surface area contributed by atoms with Gasteiger partial charge in [0.2, 0.25) is 6.33 Å². The molecule has 0 aliphatic carbocycles. The van der Waals surface area contributed by atoms with Gasteiger partial charge in [0.25, 0.3) is 0 Å². The Morgan fingerprint density at radius 3 is 3.00 bits per heavy atom. The Hall–Kier alpha value is -1.12. The molecule has 0 aliphatic heterocycles. The average Bonchev–Trinajstić information content (AvgIpc) is 2.56. The summed E-state index contributed by atoms with van der Waals surface area (Å²) in [5.41, 5.74) is 0. The fraction of sp³-hybridized carbons (Fsp3) is 0.571. The molecule has 0 aliphatic rings. The molecule has 0 saturated carbocycles. The molecule has 0 spiro atoms. The monoisotopic (exact) mass is 233 g/mol. The quantitative estimate of drug-likeness (QED) is 0.414. The zero-order valence-electron chi connectivity index (χ0n) is 8.03. The maximum Gasteiger partial charge on any atom is 0.395 e. The molecule has 0 radical (unpaired) electrons. The van der Waals surface area contributed by atoms with Gasteiger partial charge < -0.3 is 24.9 Å². The normalized spacial score (nSPS) is 12.7. The van der Waals surface area contributed by atoms with Crippen molar-refractivity contribution in [1.82, 2.24) is 9.55 Å². The van der Waals surface area contributed by atoms with Gasteiger partial charge >= 0.3 is 5.82 Å². The van der Waals surface area contributed by atoms with Crippen LogP contribution in [0.1, 0.15) is 0 Å². The highest BCUT2D eigenvalue weighted by molar-refractivity contribution is 7.99. The number of hydrogen-bond donors (Lipinski definition) is 2. The van der Waals surface area contributed by atoms with E-state index >= 15 is 0 Å². The lowest BCUT2D eigenvalue weighted by atomic mass is 10.4. The van der Waals surface area contributed by atoms with Crippen molar-refractivity contribution in [2.24, 2.45) is 7.05 Å². The third-order valence-corrected chi connectivity index (χ3v) is 2.96. The topological polar surface area (TPSA) is 101 Å². The van der Waals surface area contributed by atoms with E-state index < -0.39 is 11.0 Å². The van der Waals surface area contributed by atoms with Gasteiger partial charge in [0.15, 0.2) is 5.03 Å². The van der Waals surface area contributed by atoms with Gasteiger partial charge in [0, 0.05) is 12.8 Å². The molecule has 0 saturated heterocycles. The second-order valence-corrected chi connectivity index (χ2v) is 3.90. The number of imidazole rings is 1. The Labute approximate surface area is 89.9 Å². The minimum atomic E-state index is -0.885. The van der Waals surface area contributed by atoms with E-state index in [4.69, 9.17) is 10.2 Å². The summed E-state index contributed by atoms with van der Waals surface area (Å²) in [6.07, 6.45) is 0.454. The van der Waals surface area contributed by atoms with Crippen LogP contribution in [-0.2, 0) is 7.05 Å². The number of aliphatic hydroxyl groups excluding tert-OH is 2. The van der Waals surface area contributed by atoms with Crippen LogP contribution in [0, 0.1) is 10.1 Å². The fourth-order valence-electron chi connectivity index (χ4n) is 0.926. The number of nitrogens with zero attached hydrogens (tertiary/aromatic N) is 3. The Bertz CT molecular complexity index is 354. The summed E-state index contributed by atoms with van der Waals surface area (Å²) in [4.78, 5) is 13.6. The first-order chi connectivity index (χ1) is 7.06. The molecule has 1 rings (SSSR count). The highest BCUT2D eigenvalue weighted by atomic mass is 32.2. The number of rotatable bonds is 5. The number of thioether (sulfide) groups is 1. The average molecular weight is 233 g/mol. The Balaban J connectivity index is 2.75. The van der Waals surface area contributed by atoms with Gasteiger partial charge in [-0.05, 0) is 9.91 Å². The van der Waals surface area contributed by atoms with Gasteiger partial charge in [-0.3, -0.25) is 0 Å². The first kappa shape index (κ1) is 12.0. The van der Waals surface area contributed by atoms with Crippen LogP contribution in [0.5, 0.6) is 0 Å². The summed E-state index contributed by atoms with van der Waals surface area (Å²) in [5.74, 6) is -0.0377. The molecule has 1 unspecified atom stereocenters. The number of aromatic nitrogens is 2. The molecular weight excluding hydrogens is 222 g/mol. The Morgan fingerprint density at radius 1 is 1.80 bits per heavy atom. The van der Waals surface area contributed by atoms with Crippen LogP contribution in [0.15, 0.2) is 11.4 Å². The van der Waals surface area contributed by atoms with Gasteiger partial charge in [-0.15, -0.1) is 0 Å². The maximum absolute atomic E-state index is 10.6. The largest absolute Gasteiger partial charge is 0.395 e. The van der Waals surface area contributed by atoms with Crippen molar-refractivity contribution in [1.29, 1.82) is 0 Å².